The van der Waals surface area contributed by atoms with Crippen LogP contribution in [-0.2, 0) is 11.3 Å². The molecule has 5 rings (SSSR count). The number of benzene rings is 2. The largest absolute Gasteiger partial charge is 0.484 e. The van der Waals surface area contributed by atoms with Crippen LogP contribution >= 0.6 is 0 Å². The number of hydrogen-bond donors (Lipinski definition) is 5. The predicted octanol–water partition coefficient (Wildman–Crippen LogP) is 3.50. The number of carbonyl (C=O) groups is 3. The topological polar surface area (TPSA) is 167 Å². The van der Waals surface area contributed by atoms with E-state index in [1.165, 1.54) is 6.33 Å². The Kier molecular flexibility index (Phi) is 7.49. The monoisotopic (exact) mass is 538 g/mol. The average molecular weight is 539 g/mol. The van der Waals surface area contributed by atoms with Gasteiger partial charge in [0, 0.05) is 30.7 Å². The van der Waals surface area contributed by atoms with Gasteiger partial charge < -0.3 is 25.3 Å². The Hall–Kier alpha value is -5.52. The summed E-state index contributed by atoms with van der Waals surface area (Å²) in [5.41, 5.74) is 4.63. The van der Waals surface area contributed by atoms with E-state index in [9.17, 15) is 14.4 Å². The first-order valence-electron chi connectivity index (χ1n) is 12.4. The van der Waals surface area contributed by atoms with Crippen molar-refractivity contribution >= 4 is 40.4 Å². The maximum Gasteiger partial charge on any atom is 0.276 e. The van der Waals surface area contributed by atoms with Crippen molar-refractivity contribution in [1.82, 2.24) is 30.2 Å². The molecule has 202 valence electrons. The Balaban J connectivity index is 1.20. The van der Waals surface area contributed by atoms with Crippen LogP contribution in [-0.4, -0.2) is 49.2 Å². The van der Waals surface area contributed by atoms with E-state index in [2.05, 4.69) is 40.9 Å². The molecule has 0 radical (unpaired) electrons. The molecule has 0 aliphatic rings. The van der Waals surface area contributed by atoms with Crippen molar-refractivity contribution in [1.29, 1.82) is 0 Å². The lowest BCUT2D eigenvalue weighted by Gasteiger charge is -2.09. The van der Waals surface area contributed by atoms with Gasteiger partial charge in [-0.15, -0.1) is 0 Å². The van der Waals surface area contributed by atoms with Crippen LogP contribution in [0.3, 0.4) is 0 Å². The summed E-state index contributed by atoms with van der Waals surface area (Å²) in [6.45, 7) is 4.06. The molecule has 2 aromatic carbocycles. The second-order valence-electron chi connectivity index (χ2n) is 9.04. The van der Waals surface area contributed by atoms with E-state index >= 15 is 0 Å². The number of nitrogens with one attached hydrogen (secondary N) is 5. The lowest BCUT2D eigenvalue weighted by molar-refractivity contribution is -0.123. The van der Waals surface area contributed by atoms with E-state index in [0.717, 1.165) is 16.7 Å². The number of fused-ring (bicyclic) bond motifs is 1. The normalized spacial score (nSPS) is 10.8. The first-order valence-corrected chi connectivity index (χ1v) is 12.4. The van der Waals surface area contributed by atoms with Crippen LogP contribution in [0.5, 0.6) is 5.75 Å². The van der Waals surface area contributed by atoms with Crippen molar-refractivity contribution < 1.29 is 19.1 Å². The summed E-state index contributed by atoms with van der Waals surface area (Å²) >= 11 is 0. The number of pyridine rings is 1. The van der Waals surface area contributed by atoms with Crippen LogP contribution in [0, 0.1) is 13.8 Å². The fourth-order valence-corrected chi connectivity index (χ4v) is 3.98. The van der Waals surface area contributed by atoms with Crippen molar-refractivity contribution in [2.24, 2.45) is 0 Å². The maximum absolute atomic E-state index is 13.0. The fourth-order valence-electron chi connectivity index (χ4n) is 3.98. The molecule has 0 spiro atoms. The van der Waals surface area contributed by atoms with Crippen molar-refractivity contribution in [2.45, 2.75) is 20.4 Å². The minimum absolute atomic E-state index is 0.00970. The number of anilines is 2. The molecular weight excluding hydrogens is 512 g/mol. The first kappa shape index (κ1) is 26.1. The van der Waals surface area contributed by atoms with Crippen LogP contribution in [0.25, 0.3) is 11.0 Å². The Labute approximate surface area is 228 Å². The average Bonchev–Trinajstić information content (AvgIpc) is 3.60. The van der Waals surface area contributed by atoms with Crippen molar-refractivity contribution in [2.75, 3.05) is 17.2 Å². The zero-order valence-electron chi connectivity index (χ0n) is 21.7. The molecular formula is C28H26N8O4. The first-order chi connectivity index (χ1) is 19.4. The van der Waals surface area contributed by atoms with Crippen molar-refractivity contribution in [3.05, 3.63) is 95.3 Å². The standard InChI is InChI=1S/C28H26N8O4/c1-16-3-5-20(17(2)11-16)33-26(38)24-25(32-15-31-24)27(39)36-28-34-21-6-4-19(12-22(21)35-28)40-14-23(37)30-13-18-7-9-29-10-8-18/h3-12,15H,13-14H2,1-2H3,(H,30,37)(H,31,32)(H,33,38)(H2,34,35,36,39). The fraction of sp³-hybridized carbons (Fsp3) is 0.143. The van der Waals surface area contributed by atoms with E-state index in [1.807, 2.05) is 38.1 Å². The molecule has 5 aromatic rings. The van der Waals surface area contributed by atoms with Crippen molar-refractivity contribution in [3.63, 3.8) is 0 Å². The quantitative estimate of drug-likeness (QED) is 0.191. The second-order valence-corrected chi connectivity index (χ2v) is 9.04. The smallest absolute Gasteiger partial charge is 0.276 e. The number of aryl methyl sites for hydroxylation is 2. The zero-order chi connectivity index (χ0) is 28.1. The molecule has 3 aromatic heterocycles. The van der Waals surface area contributed by atoms with Crippen LogP contribution in [0.15, 0.2) is 67.3 Å². The summed E-state index contributed by atoms with van der Waals surface area (Å²) in [5, 5.41) is 8.22. The Morgan fingerprint density at radius 1 is 0.950 bits per heavy atom. The highest BCUT2D eigenvalue weighted by Gasteiger charge is 2.22. The number of aromatic nitrogens is 5. The third-order valence-corrected chi connectivity index (χ3v) is 6.01. The third kappa shape index (κ3) is 6.13. The van der Waals surface area contributed by atoms with Gasteiger partial charge in [0.15, 0.2) is 12.3 Å². The minimum Gasteiger partial charge on any atom is -0.484 e. The number of hydrogen-bond acceptors (Lipinski definition) is 7. The molecule has 40 heavy (non-hydrogen) atoms. The molecule has 0 aliphatic heterocycles. The number of amides is 3. The minimum atomic E-state index is -0.593. The third-order valence-electron chi connectivity index (χ3n) is 6.01. The van der Waals surface area contributed by atoms with E-state index in [0.29, 0.717) is 29.0 Å². The van der Waals surface area contributed by atoms with E-state index in [-0.39, 0.29) is 29.9 Å². The predicted molar refractivity (Wildman–Crippen MR) is 148 cm³/mol. The Morgan fingerprint density at radius 3 is 2.58 bits per heavy atom. The van der Waals surface area contributed by atoms with Crippen LogP contribution in [0.2, 0.25) is 0 Å². The molecule has 0 saturated heterocycles. The highest BCUT2D eigenvalue weighted by Crippen LogP contribution is 2.22. The highest BCUT2D eigenvalue weighted by molar-refractivity contribution is 6.13. The molecule has 3 amide bonds. The van der Waals surface area contributed by atoms with Gasteiger partial charge in [-0.1, -0.05) is 17.7 Å². The lowest BCUT2D eigenvalue weighted by Crippen LogP contribution is -2.28. The molecule has 0 unspecified atom stereocenters. The molecule has 0 atom stereocenters. The molecule has 0 bridgehead atoms. The van der Waals surface area contributed by atoms with Gasteiger partial charge in [-0.3, -0.25) is 24.7 Å². The molecule has 12 heteroatoms. The lowest BCUT2D eigenvalue weighted by atomic mass is 10.1. The van der Waals surface area contributed by atoms with Gasteiger partial charge >= 0.3 is 0 Å². The number of ether oxygens (including phenoxy) is 1. The Bertz CT molecular complexity index is 1690. The maximum atomic E-state index is 13.0. The van der Waals surface area contributed by atoms with Gasteiger partial charge in [0.25, 0.3) is 17.7 Å². The summed E-state index contributed by atoms with van der Waals surface area (Å²) in [6.07, 6.45) is 4.60. The van der Waals surface area contributed by atoms with Crippen LogP contribution in [0.4, 0.5) is 11.6 Å². The zero-order valence-corrected chi connectivity index (χ0v) is 21.7. The number of nitrogens with zero attached hydrogens (tertiary/aromatic N) is 3. The molecule has 3 heterocycles. The number of imidazole rings is 2. The van der Waals surface area contributed by atoms with Gasteiger partial charge in [-0.05, 0) is 55.3 Å². The second kappa shape index (κ2) is 11.5. The summed E-state index contributed by atoms with van der Waals surface area (Å²) in [6, 6.07) is 14.3. The van der Waals surface area contributed by atoms with E-state index in [4.69, 9.17) is 4.74 Å². The number of carbonyl (C=O) groups excluding carboxylic acids is 3. The van der Waals surface area contributed by atoms with Gasteiger partial charge in [0.1, 0.15) is 11.4 Å². The summed E-state index contributed by atoms with van der Waals surface area (Å²) in [4.78, 5) is 56.0. The molecule has 0 saturated carbocycles. The summed E-state index contributed by atoms with van der Waals surface area (Å²) in [5.74, 6) is -0.764. The SMILES string of the molecule is Cc1ccc(NC(=O)c2nc[nH]c2C(=O)Nc2nc3ccc(OCC(=O)NCc4ccncc4)cc3[nH]2)c(C)c1. The van der Waals surface area contributed by atoms with Gasteiger partial charge in [-0.2, -0.15) is 0 Å². The summed E-state index contributed by atoms with van der Waals surface area (Å²) < 4.78 is 5.60. The van der Waals surface area contributed by atoms with Gasteiger partial charge in [-0.25, -0.2) is 9.97 Å². The van der Waals surface area contributed by atoms with Gasteiger partial charge in [0.2, 0.25) is 5.95 Å². The Morgan fingerprint density at radius 2 is 1.77 bits per heavy atom. The molecule has 0 aliphatic carbocycles. The van der Waals surface area contributed by atoms with Crippen LogP contribution < -0.4 is 20.7 Å². The summed E-state index contributed by atoms with van der Waals surface area (Å²) in [7, 11) is 0. The van der Waals surface area contributed by atoms with E-state index in [1.54, 1.807) is 36.7 Å². The van der Waals surface area contributed by atoms with Gasteiger partial charge in [0.05, 0.1) is 17.4 Å². The van der Waals surface area contributed by atoms with E-state index < -0.39 is 11.8 Å². The molecule has 12 nitrogen and oxygen atoms in total. The number of H-pyrrole nitrogens is 2. The molecule has 5 N–H and O–H groups in total. The number of aromatic amines is 2. The number of rotatable bonds is 9. The van der Waals surface area contributed by atoms with Crippen molar-refractivity contribution in [3.8, 4) is 5.75 Å². The highest BCUT2D eigenvalue weighted by atomic mass is 16.5. The van der Waals surface area contributed by atoms with Crippen LogP contribution in [0.1, 0.15) is 37.7 Å². The molecule has 0 fully saturated rings.